The molecule has 0 saturated heterocycles. The number of imidazole rings is 1. The number of rotatable bonds is 3. The van der Waals surface area contributed by atoms with Gasteiger partial charge in [0.1, 0.15) is 5.84 Å². The Balaban J connectivity index is 2.06. The number of nitrogens with zero attached hydrogens (tertiary/aromatic N) is 2. The highest BCUT2D eigenvalue weighted by Gasteiger charge is 2.14. The van der Waals surface area contributed by atoms with Gasteiger partial charge in [-0.25, -0.2) is 4.98 Å². The first-order valence-corrected chi connectivity index (χ1v) is 7.31. The number of fused-ring (bicyclic) bond motifs is 1. The molecule has 0 unspecified atom stereocenters. The second-order valence-electron chi connectivity index (χ2n) is 4.80. The fourth-order valence-corrected chi connectivity index (χ4v) is 3.39. The average molecular weight is 297 g/mol. The lowest BCUT2D eigenvalue weighted by Gasteiger charge is -2.10. The molecule has 0 bridgehead atoms. The third kappa shape index (κ3) is 2.62. The van der Waals surface area contributed by atoms with Crippen molar-refractivity contribution in [3.63, 3.8) is 0 Å². The number of para-hydroxylation sites is 2. The zero-order chi connectivity index (χ0) is 15.0. The van der Waals surface area contributed by atoms with Gasteiger partial charge < -0.3 is 10.7 Å². The minimum absolute atomic E-state index is 0.0265. The minimum atomic E-state index is 0.0265. The van der Waals surface area contributed by atoms with Crippen LogP contribution in [0.25, 0.3) is 11.0 Å². The molecule has 0 atom stereocenters. The van der Waals surface area contributed by atoms with Crippen molar-refractivity contribution in [1.29, 1.82) is 5.41 Å². The zero-order valence-electron chi connectivity index (χ0n) is 11.8. The molecule has 0 fully saturated rings. The quantitative estimate of drug-likeness (QED) is 0.512. The summed E-state index contributed by atoms with van der Waals surface area (Å²) in [6, 6.07) is 9.81. The number of nitrogens with one attached hydrogen (secondary N) is 2. The summed E-state index contributed by atoms with van der Waals surface area (Å²) in [5, 5.41) is 8.54. The molecule has 0 saturated carbocycles. The van der Waals surface area contributed by atoms with Crippen LogP contribution in [0.3, 0.4) is 0 Å². The average Bonchev–Trinajstić information content (AvgIpc) is 2.79. The molecule has 2 aromatic heterocycles. The molecule has 0 aliphatic heterocycles. The van der Waals surface area contributed by atoms with Gasteiger partial charge in [-0.2, -0.15) is 0 Å². The van der Waals surface area contributed by atoms with E-state index in [4.69, 9.17) is 11.1 Å². The Labute approximate surface area is 126 Å². The minimum Gasteiger partial charge on any atom is -0.384 e. The van der Waals surface area contributed by atoms with Gasteiger partial charge in [-0.3, -0.25) is 10.4 Å². The highest BCUT2D eigenvalue weighted by atomic mass is 32.2. The van der Waals surface area contributed by atoms with E-state index in [0.29, 0.717) is 5.56 Å². The van der Waals surface area contributed by atoms with Crippen molar-refractivity contribution in [2.75, 3.05) is 0 Å². The molecular weight excluding hydrogens is 282 g/mol. The van der Waals surface area contributed by atoms with Gasteiger partial charge >= 0.3 is 0 Å². The van der Waals surface area contributed by atoms with Gasteiger partial charge in [0.25, 0.3) is 0 Å². The predicted octanol–water partition coefficient (Wildman–Crippen LogP) is 3.01. The number of pyridine rings is 1. The van der Waals surface area contributed by atoms with Crippen molar-refractivity contribution in [2.24, 2.45) is 5.73 Å². The summed E-state index contributed by atoms with van der Waals surface area (Å²) in [6.07, 6.45) is 0. The molecule has 0 spiro atoms. The fourth-order valence-electron chi connectivity index (χ4n) is 2.28. The first kappa shape index (κ1) is 13.6. The van der Waals surface area contributed by atoms with Crippen molar-refractivity contribution in [1.82, 2.24) is 15.0 Å². The second-order valence-corrected chi connectivity index (χ2v) is 5.83. The Kier molecular flexibility index (Phi) is 3.39. The first-order valence-electron chi connectivity index (χ1n) is 6.50. The molecule has 0 radical (unpaired) electrons. The van der Waals surface area contributed by atoms with Crippen LogP contribution in [0, 0.1) is 19.3 Å². The van der Waals surface area contributed by atoms with Crippen molar-refractivity contribution >= 4 is 28.6 Å². The molecule has 1 aromatic carbocycles. The highest BCUT2D eigenvalue weighted by molar-refractivity contribution is 7.99. The summed E-state index contributed by atoms with van der Waals surface area (Å²) >= 11 is 1.47. The Morgan fingerprint density at radius 2 is 2.00 bits per heavy atom. The van der Waals surface area contributed by atoms with Crippen LogP contribution in [0.1, 0.15) is 17.0 Å². The lowest BCUT2D eigenvalue weighted by atomic mass is 10.1. The lowest BCUT2D eigenvalue weighted by Crippen LogP contribution is -2.15. The van der Waals surface area contributed by atoms with E-state index in [1.54, 1.807) is 0 Å². The predicted molar refractivity (Wildman–Crippen MR) is 84.9 cm³/mol. The summed E-state index contributed by atoms with van der Waals surface area (Å²) in [5.41, 5.74) is 9.95. The summed E-state index contributed by atoms with van der Waals surface area (Å²) in [5.74, 6) is 0.0265. The van der Waals surface area contributed by atoms with E-state index < -0.39 is 0 Å². The standard InChI is InChI=1S/C15H15N5S/c1-8-7-12(13(14(16)17)9(2)18-8)21-15-19-10-5-3-4-6-11(10)20-15/h3-7H,1-2H3,(H3,16,17)(H,19,20). The largest absolute Gasteiger partial charge is 0.384 e. The molecule has 0 aliphatic carbocycles. The monoisotopic (exact) mass is 297 g/mol. The van der Waals surface area contributed by atoms with Crippen molar-refractivity contribution in [2.45, 2.75) is 23.9 Å². The Morgan fingerprint density at radius 1 is 1.24 bits per heavy atom. The van der Waals surface area contributed by atoms with Crippen molar-refractivity contribution < 1.29 is 0 Å². The Morgan fingerprint density at radius 3 is 2.71 bits per heavy atom. The van der Waals surface area contributed by atoms with E-state index in [9.17, 15) is 0 Å². The molecule has 2 heterocycles. The number of nitrogen functional groups attached to an aromatic ring is 1. The number of amidine groups is 1. The van der Waals surface area contributed by atoms with Gasteiger partial charge in [-0.15, -0.1) is 0 Å². The topological polar surface area (TPSA) is 91.4 Å². The van der Waals surface area contributed by atoms with E-state index in [0.717, 1.165) is 32.5 Å². The van der Waals surface area contributed by atoms with E-state index in [2.05, 4.69) is 15.0 Å². The molecular formula is C15H15N5S. The maximum atomic E-state index is 7.75. The maximum Gasteiger partial charge on any atom is 0.171 e. The molecule has 6 heteroatoms. The van der Waals surface area contributed by atoms with Crippen LogP contribution in [-0.2, 0) is 0 Å². The smallest absolute Gasteiger partial charge is 0.171 e. The van der Waals surface area contributed by atoms with Crippen LogP contribution in [0.4, 0.5) is 0 Å². The fraction of sp³-hybridized carbons (Fsp3) is 0.133. The normalized spacial score (nSPS) is 11.0. The molecule has 3 aromatic rings. The number of hydrogen-bond donors (Lipinski definition) is 3. The number of nitrogens with two attached hydrogens (primary N) is 1. The number of benzene rings is 1. The molecule has 4 N–H and O–H groups in total. The van der Waals surface area contributed by atoms with Crippen LogP contribution < -0.4 is 5.73 Å². The van der Waals surface area contributed by atoms with Gasteiger partial charge in [0.2, 0.25) is 0 Å². The third-order valence-corrected chi connectivity index (χ3v) is 4.06. The van der Waals surface area contributed by atoms with Gasteiger partial charge in [0.05, 0.1) is 16.6 Å². The Hall–Kier alpha value is -2.34. The van der Waals surface area contributed by atoms with E-state index in [1.807, 2.05) is 44.2 Å². The van der Waals surface area contributed by atoms with E-state index in [-0.39, 0.29) is 5.84 Å². The second kappa shape index (κ2) is 5.21. The van der Waals surface area contributed by atoms with Gasteiger partial charge in [0, 0.05) is 16.3 Å². The maximum absolute atomic E-state index is 7.75. The SMILES string of the molecule is Cc1cc(Sc2nc3ccccc3[nH]2)c(C(=N)N)c(C)n1. The number of aryl methyl sites for hydroxylation is 2. The first-order chi connectivity index (χ1) is 10.0. The molecule has 106 valence electrons. The Bertz CT molecular complexity index is 804. The van der Waals surface area contributed by atoms with Gasteiger partial charge in [-0.1, -0.05) is 23.9 Å². The summed E-state index contributed by atoms with van der Waals surface area (Å²) < 4.78 is 0. The molecule has 21 heavy (non-hydrogen) atoms. The van der Waals surface area contributed by atoms with Crippen LogP contribution in [0.15, 0.2) is 40.4 Å². The third-order valence-electron chi connectivity index (χ3n) is 3.14. The van der Waals surface area contributed by atoms with Crippen LogP contribution in [0.5, 0.6) is 0 Å². The summed E-state index contributed by atoms with van der Waals surface area (Å²) in [6.45, 7) is 3.80. The summed E-state index contributed by atoms with van der Waals surface area (Å²) in [4.78, 5) is 13.1. The lowest BCUT2D eigenvalue weighted by molar-refractivity contribution is 1.05. The molecule has 0 aliphatic rings. The zero-order valence-corrected chi connectivity index (χ0v) is 12.6. The number of aromatic amines is 1. The number of hydrogen-bond acceptors (Lipinski definition) is 4. The highest BCUT2D eigenvalue weighted by Crippen LogP contribution is 2.31. The van der Waals surface area contributed by atoms with E-state index >= 15 is 0 Å². The van der Waals surface area contributed by atoms with Crippen molar-refractivity contribution in [3.05, 3.63) is 47.3 Å². The van der Waals surface area contributed by atoms with Crippen LogP contribution in [-0.4, -0.2) is 20.8 Å². The van der Waals surface area contributed by atoms with Gasteiger partial charge in [-0.05, 0) is 32.0 Å². The number of aromatic nitrogens is 3. The van der Waals surface area contributed by atoms with Crippen molar-refractivity contribution in [3.8, 4) is 0 Å². The van der Waals surface area contributed by atoms with Gasteiger partial charge in [0.15, 0.2) is 5.16 Å². The molecule has 0 amide bonds. The number of H-pyrrole nitrogens is 1. The van der Waals surface area contributed by atoms with E-state index in [1.165, 1.54) is 11.8 Å². The summed E-state index contributed by atoms with van der Waals surface area (Å²) in [7, 11) is 0. The van der Waals surface area contributed by atoms with Crippen LogP contribution >= 0.6 is 11.8 Å². The molecule has 5 nitrogen and oxygen atoms in total. The van der Waals surface area contributed by atoms with Crippen LogP contribution in [0.2, 0.25) is 0 Å². The molecule has 3 rings (SSSR count).